The van der Waals surface area contributed by atoms with Gasteiger partial charge in [0.15, 0.2) is 0 Å². The second-order valence-electron chi connectivity index (χ2n) is 6.51. The van der Waals surface area contributed by atoms with Crippen molar-refractivity contribution in [1.82, 2.24) is 5.32 Å². The van der Waals surface area contributed by atoms with E-state index in [0.29, 0.717) is 12.3 Å². The lowest BCUT2D eigenvalue weighted by atomic mass is 9.77. The standard InChI is InChI=1S/C18H29NO2/c1-3-14-9-11-18(21,12-10-14)13-19-17(4-2)15-5-7-16(20)8-6-15/h5-8,14,17,19-21H,3-4,9-13H2,1-2H3. The number of phenolic OH excluding ortho intramolecular Hbond substituents is 1. The summed E-state index contributed by atoms with van der Waals surface area (Å²) in [5.74, 6) is 1.09. The van der Waals surface area contributed by atoms with Gasteiger partial charge in [-0.3, -0.25) is 0 Å². The maximum absolute atomic E-state index is 10.7. The van der Waals surface area contributed by atoms with Crippen LogP contribution >= 0.6 is 0 Å². The van der Waals surface area contributed by atoms with Gasteiger partial charge in [0.1, 0.15) is 5.75 Å². The number of aliphatic hydroxyl groups is 1. The molecule has 1 fully saturated rings. The van der Waals surface area contributed by atoms with Crippen LogP contribution in [0.5, 0.6) is 5.75 Å². The Morgan fingerprint density at radius 2 is 1.81 bits per heavy atom. The zero-order chi connectivity index (χ0) is 15.3. The van der Waals surface area contributed by atoms with E-state index < -0.39 is 5.60 Å². The Hall–Kier alpha value is -1.06. The van der Waals surface area contributed by atoms with Crippen LogP contribution in [0.1, 0.15) is 64.0 Å². The van der Waals surface area contributed by atoms with Gasteiger partial charge in [-0.05, 0) is 55.7 Å². The quantitative estimate of drug-likeness (QED) is 0.748. The minimum Gasteiger partial charge on any atom is -0.508 e. The normalized spacial score (nSPS) is 27.5. The Balaban J connectivity index is 1.89. The van der Waals surface area contributed by atoms with Gasteiger partial charge in [0.05, 0.1) is 5.60 Å². The van der Waals surface area contributed by atoms with Gasteiger partial charge in [-0.15, -0.1) is 0 Å². The van der Waals surface area contributed by atoms with Crippen molar-refractivity contribution < 1.29 is 10.2 Å². The van der Waals surface area contributed by atoms with Gasteiger partial charge in [0.25, 0.3) is 0 Å². The maximum atomic E-state index is 10.7. The number of aromatic hydroxyl groups is 1. The highest BCUT2D eigenvalue weighted by atomic mass is 16.3. The summed E-state index contributed by atoms with van der Waals surface area (Å²) < 4.78 is 0. The molecule has 0 saturated heterocycles. The zero-order valence-electron chi connectivity index (χ0n) is 13.3. The fourth-order valence-electron chi connectivity index (χ4n) is 3.32. The topological polar surface area (TPSA) is 52.5 Å². The first kappa shape index (κ1) is 16.3. The molecule has 0 radical (unpaired) electrons. The first-order valence-corrected chi connectivity index (χ1v) is 8.31. The Morgan fingerprint density at radius 3 is 2.33 bits per heavy atom. The van der Waals surface area contributed by atoms with Crippen LogP contribution in [0.4, 0.5) is 0 Å². The fourth-order valence-corrected chi connectivity index (χ4v) is 3.32. The van der Waals surface area contributed by atoms with Crippen LogP contribution in [0.25, 0.3) is 0 Å². The molecule has 2 rings (SSSR count). The Labute approximate surface area is 128 Å². The first-order valence-electron chi connectivity index (χ1n) is 8.31. The van der Waals surface area contributed by atoms with E-state index >= 15 is 0 Å². The molecule has 0 spiro atoms. The molecular formula is C18H29NO2. The predicted molar refractivity (Wildman–Crippen MR) is 86.3 cm³/mol. The van der Waals surface area contributed by atoms with E-state index in [-0.39, 0.29) is 6.04 Å². The second-order valence-corrected chi connectivity index (χ2v) is 6.51. The Bertz CT molecular complexity index is 421. The number of hydrogen-bond acceptors (Lipinski definition) is 3. The van der Waals surface area contributed by atoms with E-state index in [1.165, 1.54) is 12.0 Å². The number of benzene rings is 1. The molecule has 0 aromatic heterocycles. The molecule has 1 aromatic carbocycles. The van der Waals surface area contributed by atoms with Gasteiger partial charge in [-0.1, -0.05) is 32.4 Å². The van der Waals surface area contributed by atoms with Crippen LogP contribution in [-0.2, 0) is 0 Å². The molecule has 1 aromatic rings. The smallest absolute Gasteiger partial charge is 0.115 e. The average molecular weight is 291 g/mol. The van der Waals surface area contributed by atoms with Crippen molar-refractivity contribution in [3.8, 4) is 5.75 Å². The summed E-state index contributed by atoms with van der Waals surface area (Å²) in [5.41, 5.74) is 0.622. The molecule has 1 atom stereocenters. The maximum Gasteiger partial charge on any atom is 0.115 e. The van der Waals surface area contributed by atoms with Gasteiger partial charge in [-0.25, -0.2) is 0 Å². The van der Waals surface area contributed by atoms with Crippen molar-refractivity contribution in [3.05, 3.63) is 29.8 Å². The number of rotatable bonds is 6. The van der Waals surface area contributed by atoms with Crippen LogP contribution in [0.3, 0.4) is 0 Å². The molecule has 0 bridgehead atoms. The molecule has 1 saturated carbocycles. The van der Waals surface area contributed by atoms with Crippen LogP contribution in [0.2, 0.25) is 0 Å². The highest BCUT2D eigenvalue weighted by Gasteiger charge is 2.32. The van der Waals surface area contributed by atoms with Crippen LogP contribution in [-0.4, -0.2) is 22.4 Å². The molecule has 0 heterocycles. The summed E-state index contributed by atoms with van der Waals surface area (Å²) in [5, 5.41) is 23.6. The highest BCUT2D eigenvalue weighted by molar-refractivity contribution is 5.28. The van der Waals surface area contributed by atoms with Crippen molar-refractivity contribution in [2.45, 2.75) is 64.0 Å². The molecule has 3 N–H and O–H groups in total. The highest BCUT2D eigenvalue weighted by Crippen LogP contribution is 2.33. The Morgan fingerprint density at radius 1 is 1.19 bits per heavy atom. The zero-order valence-corrected chi connectivity index (χ0v) is 13.3. The first-order chi connectivity index (χ1) is 10.1. The van der Waals surface area contributed by atoms with Crippen LogP contribution in [0.15, 0.2) is 24.3 Å². The van der Waals surface area contributed by atoms with Crippen LogP contribution < -0.4 is 5.32 Å². The molecule has 0 amide bonds. The van der Waals surface area contributed by atoms with Crippen LogP contribution in [0, 0.1) is 5.92 Å². The van der Waals surface area contributed by atoms with E-state index in [4.69, 9.17) is 0 Å². The van der Waals surface area contributed by atoms with E-state index in [0.717, 1.165) is 38.0 Å². The number of nitrogens with one attached hydrogen (secondary N) is 1. The largest absolute Gasteiger partial charge is 0.508 e. The summed E-state index contributed by atoms with van der Waals surface area (Å²) in [4.78, 5) is 0. The molecule has 1 aliphatic rings. The van der Waals surface area contributed by atoms with Crippen molar-refractivity contribution >= 4 is 0 Å². The summed E-state index contributed by atoms with van der Waals surface area (Å²) in [6, 6.07) is 7.59. The third-order valence-electron chi connectivity index (χ3n) is 4.99. The molecule has 1 unspecified atom stereocenters. The van der Waals surface area contributed by atoms with Gasteiger partial charge in [0.2, 0.25) is 0 Å². The van der Waals surface area contributed by atoms with Crippen molar-refractivity contribution in [2.24, 2.45) is 5.92 Å². The van der Waals surface area contributed by atoms with Crippen molar-refractivity contribution in [2.75, 3.05) is 6.54 Å². The van der Waals surface area contributed by atoms with Gasteiger partial charge < -0.3 is 15.5 Å². The number of phenols is 1. The number of hydrogen-bond donors (Lipinski definition) is 3. The summed E-state index contributed by atoms with van der Waals surface area (Å²) in [7, 11) is 0. The fraction of sp³-hybridized carbons (Fsp3) is 0.667. The molecule has 3 nitrogen and oxygen atoms in total. The monoisotopic (exact) mass is 291 g/mol. The third kappa shape index (κ3) is 4.45. The van der Waals surface area contributed by atoms with Gasteiger partial charge in [0, 0.05) is 12.6 Å². The lowest BCUT2D eigenvalue weighted by Crippen LogP contribution is -2.44. The van der Waals surface area contributed by atoms with Gasteiger partial charge in [-0.2, -0.15) is 0 Å². The van der Waals surface area contributed by atoms with E-state index in [1.54, 1.807) is 12.1 Å². The predicted octanol–water partition coefficient (Wildman–Crippen LogP) is 3.76. The third-order valence-corrected chi connectivity index (χ3v) is 4.99. The lowest BCUT2D eigenvalue weighted by Gasteiger charge is -2.37. The SMILES string of the molecule is CCC1CCC(O)(CNC(CC)c2ccc(O)cc2)CC1. The molecule has 1 aliphatic carbocycles. The molecule has 21 heavy (non-hydrogen) atoms. The average Bonchev–Trinajstić information content (AvgIpc) is 2.50. The molecule has 3 heteroatoms. The summed E-state index contributed by atoms with van der Waals surface area (Å²) in [6.45, 7) is 5.04. The lowest BCUT2D eigenvalue weighted by molar-refractivity contribution is -0.0108. The van der Waals surface area contributed by atoms with E-state index in [1.807, 2.05) is 12.1 Å². The Kier molecular flexibility index (Phi) is 5.65. The second kappa shape index (κ2) is 7.28. The van der Waals surface area contributed by atoms with Crippen molar-refractivity contribution in [1.29, 1.82) is 0 Å². The summed E-state index contributed by atoms with van der Waals surface area (Å²) in [6.07, 6.45) is 6.30. The van der Waals surface area contributed by atoms with E-state index in [2.05, 4.69) is 19.2 Å². The van der Waals surface area contributed by atoms with Gasteiger partial charge >= 0.3 is 0 Å². The van der Waals surface area contributed by atoms with E-state index in [9.17, 15) is 10.2 Å². The minimum absolute atomic E-state index is 0.235. The summed E-state index contributed by atoms with van der Waals surface area (Å²) >= 11 is 0. The molecular weight excluding hydrogens is 262 g/mol. The minimum atomic E-state index is -0.546. The molecule has 118 valence electrons. The van der Waals surface area contributed by atoms with Crippen molar-refractivity contribution in [3.63, 3.8) is 0 Å². The molecule has 0 aliphatic heterocycles.